The van der Waals surface area contributed by atoms with E-state index in [0.717, 1.165) is 0 Å². The molecule has 1 aliphatic rings. The third-order valence-electron chi connectivity index (χ3n) is 3.01. The van der Waals surface area contributed by atoms with Crippen molar-refractivity contribution >= 4 is 0 Å². The van der Waals surface area contributed by atoms with E-state index in [1.807, 2.05) is 0 Å². The maximum atomic E-state index is 5.86. The number of nitrogens with zero attached hydrogens (tertiary/aromatic N) is 1. The molecular formula is C12H25NO. The number of likely N-dealkylation sites (tertiary alicyclic amines) is 1. The lowest BCUT2D eigenvalue weighted by Gasteiger charge is -2.40. The van der Waals surface area contributed by atoms with Gasteiger partial charge < -0.3 is 4.74 Å². The van der Waals surface area contributed by atoms with Crippen LogP contribution in [0.2, 0.25) is 0 Å². The van der Waals surface area contributed by atoms with Crippen LogP contribution in [0.3, 0.4) is 0 Å². The molecule has 0 spiro atoms. The molecule has 2 nitrogen and oxygen atoms in total. The molecule has 1 rings (SSSR count). The van der Waals surface area contributed by atoms with Crippen molar-refractivity contribution in [2.75, 3.05) is 6.54 Å². The van der Waals surface area contributed by atoms with Gasteiger partial charge in [0.05, 0.1) is 12.2 Å². The van der Waals surface area contributed by atoms with Crippen molar-refractivity contribution < 1.29 is 4.74 Å². The Morgan fingerprint density at radius 2 is 1.86 bits per heavy atom. The van der Waals surface area contributed by atoms with E-state index in [-0.39, 0.29) is 0 Å². The van der Waals surface area contributed by atoms with Crippen molar-refractivity contribution in [3.63, 3.8) is 0 Å². The second kappa shape index (κ2) is 5.13. The Hall–Kier alpha value is -0.0800. The summed E-state index contributed by atoms with van der Waals surface area (Å²) in [6, 6.07) is 1.34. The van der Waals surface area contributed by atoms with Gasteiger partial charge in [-0.05, 0) is 47.5 Å². The van der Waals surface area contributed by atoms with Crippen LogP contribution < -0.4 is 0 Å². The lowest BCUT2D eigenvalue weighted by atomic mass is 9.99. The van der Waals surface area contributed by atoms with Gasteiger partial charge in [0.25, 0.3) is 0 Å². The third kappa shape index (κ3) is 3.25. The molecule has 0 amide bonds. The molecule has 0 aromatic heterocycles. The highest BCUT2D eigenvalue weighted by molar-refractivity contribution is 4.81. The molecule has 0 aromatic carbocycles. The molecule has 0 bridgehead atoms. The fourth-order valence-corrected chi connectivity index (χ4v) is 2.42. The fourth-order valence-electron chi connectivity index (χ4n) is 2.42. The van der Waals surface area contributed by atoms with Gasteiger partial charge >= 0.3 is 0 Å². The Bertz CT molecular complexity index is 168. The minimum absolute atomic E-state index is 0.373. The smallest absolute Gasteiger partial charge is 0.0605 e. The summed E-state index contributed by atoms with van der Waals surface area (Å²) in [4.78, 5) is 2.57. The van der Waals surface area contributed by atoms with E-state index in [2.05, 4.69) is 39.5 Å². The summed E-state index contributed by atoms with van der Waals surface area (Å²) in [5, 5.41) is 0. The SMILES string of the molecule is CC(C)O[C@@H]1CCN(C(C)C)[C@H](C)C1. The molecule has 0 aliphatic carbocycles. The normalized spacial score (nSPS) is 30.2. The van der Waals surface area contributed by atoms with Crippen molar-refractivity contribution in [3.05, 3.63) is 0 Å². The summed E-state index contributed by atoms with van der Waals surface area (Å²) in [5.74, 6) is 0. The van der Waals surface area contributed by atoms with Gasteiger partial charge in [0, 0.05) is 18.6 Å². The first-order valence-electron chi connectivity index (χ1n) is 5.92. The molecule has 0 N–H and O–H groups in total. The van der Waals surface area contributed by atoms with Crippen LogP contribution in [0.1, 0.15) is 47.5 Å². The molecule has 0 aromatic rings. The predicted molar refractivity (Wildman–Crippen MR) is 60.5 cm³/mol. The maximum absolute atomic E-state index is 5.86. The lowest BCUT2D eigenvalue weighted by molar-refractivity contribution is -0.0472. The van der Waals surface area contributed by atoms with Crippen LogP contribution in [0.15, 0.2) is 0 Å². The van der Waals surface area contributed by atoms with Crippen molar-refractivity contribution in [2.45, 2.75) is 71.8 Å². The van der Waals surface area contributed by atoms with Crippen LogP contribution in [-0.4, -0.2) is 35.7 Å². The predicted octanol–water partition coefficient (Wildman–Crippen LogP) is 2.67. The standard InChI is InChI=1S/C12H25NO/c1-9(2)13-7-6-12(8-11(13)5)14-10(3)4/h9-12H,6-8H2,1-5H3/t11-,12-/m1/s1. The van der Waals surface area contributed by atoms with Gasteiger partial charge in [-0.2, -0.15) is 0 Å². The monoisotopic (exact) mass is 199 g/mol. The summed E-state index contributed by atoms with van der Waals surface area (Å²) in [6.45, 7) is 12.3. The van der Waals surface area contributed by atoms with Crippen LogP contribution in [0, 0.1) is 0 Å². The second-order valence-corrected chi connectivity index (χ2v) is 5.01. The van der Waals surface area contributed by atoms with E-state index in [9.17, 15) is 0 Å². The minimum atomic E-state index is 0.373. The first kappa shape index (κ1) is 12.0. The molecule has 84 valence electrons. The zero-order valence-electron chi connectivity index (χ0n) is 10.3. The van der Waals surface area contributed by atoms with E-state index in [4.69, 9.17) is 4.74 Å². The molecule has 1 heterocycles. The van der Waals surface area contributed by atoms with E-state index < -0.39 is 0 Å². The van der Waals surface area contributed by atoms with Gasteiger partial charge in [0.2, 0.25) is 0 Å². The van der Waals surface area contributed by atoms with E-state index in [0.29, 0.717) is 24.3 Å². The molecular weight excluding hydrogens is 174 g/mol. The Morgan fingerprint density at radius 1 is 1.21 bits per heavy atom. The average Bonchev–Trinajstić information content (AvgIpc) is 2.01. The first-order valence-corrected chi connectivity index (χ1v) is 5.92. The Morgan fingerprint density at radius 3 is 2.29 bits per heavy atom. The largest absolute Gasteiger partial charge is 0.375 e. The van der Waals surface area contributed by atoms with Gasteiger partial charge in [-0.3, -0.25) is 4.90 Å². The molecule has 1 saturated heterocycles. The molecule has 0 unspecified atom stereocenters. The summed E-state index contributed by atoms with van der Waals surface area (Å²) in [6.07, 6.45) is 3.25. The zero-order chi connectivity index (χ0) is 10.7. The molecule has 1 fully saturated rings. The van der Waals surface area contributed by atoms with Crippen LogP contribution >= 0.6 is 0 Å². The quantitative estimate of drug-likeness (QED) is 0.693. The molecule has 14 heavy (non-hydrogen) atoms. The Labute approximate surface area is 88.6 Å². The number of hydrogen-bond donors (Lipinski definition) is 0. The van der Waals surface area contributed by atoms with Crippen molar-refractivity contribution in [3.8, 4) is 0 Å². The van der Waals surface area contributed by atoms with Crippen molar-refractivity contribution in [1.29, 1.82) is 0 Å². The minimum Gasteiger partial charge on any atom is -0.375 e. The number of rotatable bonds is 3. The lowest BCUT2D eigenvalue weighted by Crippen LogP contribution is -2.47. The highest BCUT2D eigenvalue weighted by Gasteiger charge is 2.27. The summed E-state index contributed by atoms with van der Waals surface area (Å²) >= 11 is 0. The summed E-state index contributed by atoms with van der Waals surface area (Å²) < 4.78 is 5.86. The number of hydrogen-bond acceptors (Lipinski definition) is 2. The topological polar surface area (TPSA) is 12.5 Å². The van der Waals surface area contributed by atoms with Crippen LogP contribution in [0.25, 0.3) is 0 Å². The molecule has 1 aliphatic heterocycles. The first-order chi connectivity index (χ1) is 6.50. The summed E-state index contributed by atoms with van der Waals surface area (Å²) in [5.41, 5.74) is 0. The maximum Gasteiger partial charge on any atom is 0.0605 e. The van der Waals surface area contributed by atoms with Crippen molar-refractivity contribution in [2.24, 2.45) is 0 Å². The highest BCUT2D eigenvalue weighted by atomic mass is 16.5. The van der Waals surface area contributed by atoms with E-state index in [1.54, 1.807) is 0 Å². The molecule has 0 saturated carbocycles. The van der Waals surface area contributed by atoms with Gasteiger partial charge in [-0.1, -0.05) is 0 Å². The fraction of sp³-hybridized carbons (Fsp3) is 1.00. The third-order valence-corrected chi connectivity index (χ3v) is 3.01. The van der Waals surface area contributed by atoms with Crippen molar-refractivity contribution in [1.82, 2.24) is 4.90 Å². The summed E-state index contributed by atoms with van der Waals surface area (Å²) in [7, 11) is 0. The van der Waals surface area contributed by atoms with Crippen LogP contribution in [0.4, 0.5) is 0 Å². The van der Waals surface area contributed by atoms with E-state index in [1.165, 1.54) is 19.4 Å². The molecule has 2 heteroatoms. The Kier molecular flexibility index (Phi) is 4.39. The zero-order valence-corrected chi connectivity index (χ0v) is 10.3. The number of piperidine rings is 1. The second-order valence-electron chi connectivity index (χ2n) is 5.01. The average molecular weight is 199 g/mol. The van der Waals surface area contributed by atoms with Crippen LogP contribution in [-0.2, 0) is 4.74 Å². The van der Waals surface area contributed by atoms with Gasteiger partial charge in [0.15, 0.2) is 0 Å². The molecule has 0 radical (unpaired) electrons. The number of ether oxygens (including phenoxy) is 1. The van der Waals surface area contributed by atoms with Crippen LogP contribution in [0.5, 0.6) is 0 Å². The highest BCUT2D eigenvalue weighted by Crippen LogP contribution is 2.22. The Balaban J connectivity index is 2.39. The van der Waals surface area contributed by atoms with Gasteiger partial charge in [-0.15, -0.1) is 0 Å². The van der Waals surface area contributed by atoms with E-state index >= 15 is 0 Å². The van der Waals surface area contributed by atoms with Gasteiger partial charge in [0.1, 0.15) is 0 Å². The molecule has 2 atom stereocenters. The van der Waals surface area contributed by atoms with Gasteiger partial charge in [-0.25, -0.2) is 0 Å².